The number of ether oxygens (including phenoxy) is 5. The van der Waals surface area contributed by atoms with Crippen molar-refractivity contribution in [2.75, 3.05) is 13.2 Å². The lowest BCUT2D eigenvalue weighted by Crippen LogP contribution is -2.66. The van der Waals surface area contributed by atoms with E-state index in [2.05, 4.69) is 10.6 Å². The highest BCUT2D eigenvalue weighted by Gasteiger charge is 2.52. The molecule has 1 fully saturated rings. The molecule has 1 saturated heterocycles. The molecule has 0 aliphatic carbocycles. The molecule has 0 amide bonds. The Bertz CT molecular complexity index is 642. The molecule has 0 aromatic heterocycles. The van der Waals surface area contributed by atoms with E-state index >= 15 is 0 Å². The van der Waals surface area contributed by atoms with Gasteiger partial charge in [-0.25, -0.2) is 0 Å². The highest BCUT2D eigenvalue weighted by atomic mass is 32.1. The van der Waals surface area contributed by atoms with Crippen LogP contribution < -0.4 is 10.6 Å². The average Bonchev–Trinajstić information content (AvgIpc) is 2.57. The van der Waals surface area contributed by atoms with Crippen LogP contribution in [0.3, 0.4) is 0 Å². The van der Waals surface area contributed by atoms with Crippen molar-refractivity contribution in [2.24, 2.45) is 0 Å². The Morgan fingerprint density at radius 1 is 0.862 bits per heavy atom. The predicted octanol–water partition coefficient (Wildman–Crippen LogP) is -0.446. The average molecular weight is 434 g/mol. The van der Waals surface area contributed by atoms with Crippen molar-refractivity contribution in [3.63, 3.8) is 0 Å². The molecule has 5 unspecified atom stereocenters. The summed E-state index contributed by atoms with van der Waals surface area (Å²) >= 11 is 5.15. The summed E-state index contributed by atoms with van der Waals surface area (Å²) < 4.78 is 26.7. The maximum Gasteiger partial charge on any atom is 0.303 e. The fourth-order valence-electron chi connectivity index (χ4n) is 2.69. The molecule has 164 valence electrons. The van der Waals surface area contributed by atoms with Gasteiger partial charge in [0.05, 0.1) is 0 Å². The van der Waals surface area contributed by atoms with E-state index in [-0.39, 0.29) is 11.7 Å². The SMILES string of the molecule is CCNC(=S)NC1OC(COC(C)=O)C(OC(C)=O)C(OC(C)=O)C1OC(C)=O. The van der Waals surface area contributed by atoms with Gasteiger partial charge in [0.2, 0.25) is 0 Å². The third-order valence-electron chi connectivity index (χ3n) is 3.60. The van der Waals surface area contributed by atoms with Crippen LogP contribution in [0.1, 0.15) is 34.6 Å². The Balaban J connectivity index is 3.29. The van der Waals surface area contributed by atoms with E-state index in [0.29, 0.717) is 6.54 Å². The van der Waals surface area contributed by atoms with Gasteiger partial charge in [0, 0.05) is 34.2 Å². The fourth-order valence-corrected chi connectivity index (χ4v) is 2.95. The highest BCUT2D eigenvalue weighted by Crippen LogP contribution is 2.28. The van der Waals surface area contributed by atoms with Crippen molar-refractivity contribution in [3.8, 4) is 0 Å². The molecule has 1 heterocycles. The molecule has 11 nitrogen and oxygen atoms in total. The number of carbonyl (C=O) groups is 4. The van der Waals surface area contributed by atoms with E-state index in [1.807, 2.05) is 6.92 Å². The molecule has 29 heavy (non-hydrogen) atoms. The minimum atomic E-state index is -1.24. The molecule has 0 aromatic carbocycles. The summed E-state index contributed by atoms with van der Waals surface area (Å²) in [6.07, 6.45) is -5.75. The normalized spacial score (nSPS) is 25.9. The summed E-state index contributed by atoms with van der Waals surface area (Å²) in [6.45, 7) is 6.69. The first-order valence-electron chi connectivity index (χ1n) is 8.90. The van der Waals surface area contributed by atoms with Gasteiger partial charge in [0.25, 0.3) is 0 Å². The number of nitrogens with one attached hydrogen (secondary N) is 2. The Morgan fingerprint density at radius 2 is 1.38 bits per heavy atom. The molecule has 5 atom stereocenters. The second-order valence-electron chi connectivity index (χ2n) is 6.12. The second kappa shape index (κ2) is 11.5. The molecule has 0 saturated carbocycles. The van der Waals surface area contributed by atoms with Crippen LogP contribution in [0.4, 0.5) is 0 Å². The minimum absolute atomic E-state index is 0.188. The lowest BCUT2D eigenvalue weighted by molar-refractivity contribution is -0.254. The molecule has 1 rings (SSSR count). The van der Waals surface area contributed by atoms with Gasteiger partial charge in [-0.3, -0.25) is 19.2 Å². The Kier molecular flexibility index (Phi) is 9.75. The maximum atomic E-state index is 11.7. The number of hydrogen-bond acceptors (Lipinski definition) is 10. The first-order valence-corrected chi connectivity index (χ1v) is 9.30. The molecule has 0 aromatic rings. The lowest BCUT2D eigenvalue weighted by atomic mass is 9.97. The van der Waals surface area contributed by atoms with Crippen molar-refractivity contribution < 1.29 is 42.9 Å². The van der Waals surface area contributed by atoms with Gasteiger partial charge in [-0.1, -0.05) is 0 Å². The smallest absolute Gasteiger partial charge is 0.303 e. The molecular weight excluding hydrogens is 408 g/mol. The third kappa shape index (κ3) is 8.20. The number of esters is 4. The summed E-state index contributed by atoms with van der Waals surface area (Å²) in [4.78, 5) is 46.2. The third-order valence-corrected chi connectivity index (χ3v) is 3.86. The van der Waals surface area contributed by atoms with E-state index in [4.69, 9.17) is 35.9 Å². The molecule has 1 aliphatic heterocycles. The first-order chi connectivity index (χ1) is 13.5. The summed E-state index contributed by atoms with van der Waals surface area (Å²) in [5.41, 5.74) is 0. The molecule has 0 radical (unpaired) electrons. The van der Waals surface area contributed by atoms with E-state index in [1.165, 1.54) is 6.92 Å². The predicted molar refractivity (Wildman–Crippen MR) is 101 cm³/mol. The van der Waals surface area contributed by atoms with E-state index in [9.17, 15) is 19.2 Å². The van der Waals surface area contributed by atoms with E-state index in [0.717, 1.165) is 20.8 Å². The lowest BCUT2D eigenvalue weighted by Gasteiger charge is -2.44. The van der Waals surface area contributed by atoms with Crippen molar-refractivity contribution in [1.82, 2.24) is 10.6 Å². The van der Waals surface area contributed by atoms with Crippen molar-refractivity contribution in [3.05, 3.63) is 0 Å². The van der Waals surface area contributed by atoms with Crippen LogP contribution in [-0.4, -0.2) is 72.8 Å². The zero-order valence-electron chi connectivity index (χ0n) is 16.9. The maximum absolute atomic E-state index is 11.7. The van der Waals surface area contributed by atoms with E-state index < -0.39 is 54.5 Å². The summed E-state index contributed by atoms with van der Waals surface area (Å²) in [5.74, 6) is -2.67. The zero-order valence-corrected chi connectivity index (χ0v) is 17.7. The van der Waals surface area contributed by atoms with Crippen LogP contribution >= 0.6 is 12.2 Å². The Hall–Kier alpha value is -2.47. The molecule has 12 heteroatoms. The largest absolute Gasteiger partial charge is 0.463 e. The van der Waals surface area contributed by atoms with Crippen LogP contribution in [0.5, 0.6) is 0 Å². The van der Waals surface area contributed by atoms with Gasteiger partial charge in [0.15, 0.2) is 29.7 Å². The molecule has 0 bridgehead atoms. The van der Waals surface area contributed by atoms with Gasteiger partial charge in [-0.05, 0) is 19.1 Å². The Morgan fingerprint density at radius 3 is 1.86 bits per heavy atom. The van der Waals surface area contributed by atoms with Gasteiger partial charge in [-0.15, -0.1) is 0 Å². The fraction of sp³-hybridized carbons (Fsp3) is 0.706. The molecular formula is C17H26N2O9S. The van der Waals surface area contributed by atoms with Crippen molar-refractivity contribution in [2.45, 2.75) is 65.3 Å². The standard InChI is InChI=1S/C17H26N2O9S/c1-6-18-17(29)19-16-15(27-11(5)23)14(26-10(4)22)13(25-9(3)21)12(28-16)7-24-8(2)20/h12-16H,6-7H2,1-5H3,(H2,18,19,29). The second-order valence-corrected chi connectivity index (χ2v) is 6.53. The monoisotopic (exact) mass is 434 g/mol. The Labute approximate surface area is 173 Å². The molecule has 0 spiro atoms. The molecule has 2 N–H and O–H groups in total. The van der Waals surface area contributed by atoms with E-state index in [1.54, 1.807) is 0 Å². The zero-order chi connectivity index (χ0) is 22.1. The summed E-state index contributed by atoms with van der Waals surface area (Å²) in [6, 6.07) is 0. The van der Waals surface area contributed by atoms with Crippen LogP contribution in [0.15, 0.2) is 0 Å². The number of rotatable bonds is 7. The highest BCUT2D eigenvalue weighted by molar-refractivity contribution is 7.80. The number of thiocarbonyl (C=S) groups is 1. The van der Waals surface area contributed by atoms with Crippen LogP contribution in [-0.2, 0) is 42.9 Å². The van der Waals surface area contributed by atoms with Gasteiger partial charge in [-0.2, -0.15) is 0 Å². The van der Waals surface area contributed by atoms with Gasteiger partial charge < -0.3 is 34.3 Å². The van der Waals surface area contributed by atoms with Crippen molar-refractivity contribution >= 4 is 41.2 Å². The molecule has 1 aliphatic rings. The summed E-state index contributed by atoms with van der Waals surface area (Å²) in [7, 11) is 0. The van der Waals surface area contributed by atoms with Gasteiger partial charge in [0.1, 0.15) is 12.7 Å². The first kappa shape index (κ1) is 24.6. The number of hydrogen-bond donors (Lipinski definition) is 2. The number of carbonyl (C=O) groups excluding carboxylic acids is 4. The topological polar surface area (TPSA) is 138 Å². The van der Waals surface area contributed by atoms with Crippen LogP contribution in [0, 0.1) is 0 Å². The van der Waals surface area contributed by atoms with Crippen LogP contribution in [0.25, 0.3) is 0 Å². The summed E-state index contributed by atoms with van der Waals surface area (Å²) in [5, 5.41) is 5.86. The van der Waals surface area contributed by atoms with Crippen molar-refractivity contribution in [1.29, 1.82) is 0 Å². The van der Waals surface area contributed by atoms with Crippen LogP contribution in [0.2, 0.25) is 0 Å². The van der Waals surface area contributed by atoms with Gasteiger partial charge >= 0.3 is 23.9 Å². The quantitative estimate of drug-likeness (QED) is 0.305. The minimum Gasteiger partial charge on any atom is -0.463 e.